The van der Waals surface area contributed by atoms with Crippen molar-refractivity contribution in [2.24, 2.45) is 0 Å². The molecule has 0 saturated carbocycles. The van der Waals surface area contributed by atoms with Crippen LogP contribution in [0.2, 0.25) is 0 Å². The Hall–Kier alpha value is -6.20. The molecule has 48 heavy (non-hydrogen) atoms. The SMILES string of the molecule is Cc1cc(C)c(-c2cc(-c3cc(Oc4ccccn4)cc(-c4cccc5c4oc4ccccc45)c3)nc(-c3ccccc3O)c2)c(C)c1. The van der Waals surface area contributed by atoms with Gasteiger partial charge in [0.15, 0.2) is 0 Å². The van der Waals surface area contributed by atoms with Crippen LogP contribution in [0.3, 0.4) is 0 Å². The molecule has 0 aliphatic heterocycles. The van der Waals surface area contributed by atoms with Crippen molar-refractivity contribution < 1.29 is 14.3 Å². The minimum atomic E-state index is 0.176. The first-order valence-corrected chi connectivity index (χ1v) is 15.9. The number of nitrogens with zero attached hydrogens (tertiary/aromatic N) is 2. The van der Waals surface area contributed by atoms with Crippen LogP contribution in [0, 0.1) is 20.8 Å². The number of para-hydroxylation sites is 3. The fourth-order valence-corrected chi connectivity index (χ4v) is 6.75. The Labute approximate surface area is 278 Å². The second-order valence-electron chi connectivity index (χ2n) is 12.2. The number of phenolic OH excluding ortho intramolecular Hbond substituents is 1. The lowest BCUT2D eigenvalue weighted by molar-refractivity contribution is 0.463. The molecule has 3 aromatic heterocycles. The highest BCUT2D eigenvalue weighted by Gasteiger charge is 2.18. The van der Waals surface area contributed by atoms with Crippen LogP contribution in [0.5, 0.6) is 17.4 Å². The summed E-state index contributed by atoms with van der Waals surface area (Å²) in [4.78, 5) is 9.58. The number of rotatable bonds is 6. The summed E-state index contributed by atoms with van der Waals surface area (Å²) in [7, 11) is 0. The van der Waals surface area contributed by atoms with Gasteiger partial charge in [-0.05, 0) is 103 Å². The summed E-state index contributed by atoms with van der Waals surface area (Å²) in [6, 6.07) is 42.0. The number of hydrogen-bond donors (Lipinski definition) is 1. The first-order valence-electron chi connectivity index (χ1n) is 15.9. The van der Waals surface area contributed by atoms with E-state index in [-0.39, 0.29) is 5.75 Å². The maximum absolute atomic E-state index is 10.9. The summed E-state index contributed by atoms with van der Waals surface area (Å²) < 4.78 is 12.8. The minimum Gasteiger partial charge on any atom is -0.507 e. The molecule has 232 valence electrons. The van der Waals surface area contributed by atoms with Crippen LogP contribution in [0.4, 0.5) is 0 Å². The van der Waals surface area contributed by atoms with Crippen molar-refractivity contribution in [1.82, 2.24) is 9.97 Å². The van der Waals surface area contributed by atoms with Crippen molar-refractivity contribution in [3.8, 4) is 62.1 Å². The molecule has 0 unspecified atom stereocenters. The number of ether oxygens (including phenoxy) is 1. The number of pyridine rings is 2. The van der Waals surface area contributed by atoms with Crippen molar-refractivity contribution in [2.75, 3.05) is 0 Å². The van der Waals surface area contributed by atoms with Crippen molar-refractivity contribution in [3.05, 3.63) is 150 Å². The molecule has 0 amide bonds. The average Bonchev–Trinajstić information content (AvgIpc) is 3.47. The van der Waals surface area contributed by atoms with Gasteiger partial charge in [-0.3, -0.25) is 0 Å². The summed E-state index contributed by atoms with van der Waals surface area (Å²) in [6.45, 7) is 6.40. The molecular formula is C43H32N2O3. The summed E-state index contributed by atoms with van der Waals surface area (Å²) in [5.41, 5.74) is 12.2. The highest BCUT2D eigenvalue weighted by Crippen LogP contribution is 2.41. The third-order valence-corrected chi connectivity index (χ3v) is 8.75. The Bertz CT molecular complexity index is 2460. The van der Waals surface area contributed by atoms with Gasteiger partial charge in [0.1, 0.15) is 22.7 Å². The van der Waals surface area contributed by atoms with Gasteiger partial charge in [-0.2, -0.15) is 0 Å². The first kappa shape index (κ1) is 29.2. The summed E-state index contributed by atoms with van der Waals surface area (Å²) in [5.74, 6) is 1.29. The first-order chi connectivity index (χ1) is 23.4. The molecule has 1 N–H and O–H groups in total. The third kappa shape index (κ3) is 5.35. The van der Waals surface area contributed by atoms with Crippen LogP contribution in [0.25, 0.3) is 66.7 Å². The second kappa shape index (κ2) is 11.9. The maximum Gasteiger partial charge on any atom is 0.219 e. The molecule has 0 atom stereocenters. The van der Waals surface area contributed by atoms with Crippen molar-refractivity contribution >= 4 is 21.9 Å². The number of hydrogen-bond acceptors (Lipinski definition) is 5. The maximum atomic E-state index is 10.9. The van der Waals surface area contributed by atoms with E-state index in [4.69, 9.17) is 14.1 Å². The van der Waals surface area contributed by atoms with Crippen LogP contribution in [0.1, 0.15) is 16.7 Å². The molecule has 0 aliphatic rings. The van der Waals surface area contributed by atoms with Gasteiger partial charge in [0.25, 0.3) is 0 Å². The largest absolute Gasteiger partial charge is 0.507 e. The second-order valence-corrected chi connectivity index (χ2v) is 12.2. The standard InChI is InChI=1S/C43H32N2O3/c1-26-19-27(2)42(28(3)20-26)31-24-37(45-38(25-31)36-12-4-6-15-39(36)46)30-21-29(22-32(23-30)47-41-17-8-9-18-44-41)33-13-10-14-35-34-11-5-7-16-40(34)48-43(33)35/h4-25,46H,1-3H3. The van der Waals surface area contributed by atoms with E-state index in [9.17, 15) is 5.11 Å². The van der Waals surface area contributed by atoms with Gasteiger partial charge in [-0.1, -0.05) is 72.3 Å². The summed E-state index contributed by atoms with van der Waals surface area (Å²) in [5, 5.41) is 13.0. The van der Waals surface area contributed by atoms with Gasteiger partial charge in [-0.25, -0.2) is 9.97 Å². The molecule has 0 aliphatic carbocycles. The smallest absolute Gasteiger partial charge is 0.219 e. The summed E-state index contributed by atoms with van der Waals surface area (Å²) in [6.07, 6.45) is 1.71. The fourth-order valence-electron chi connectivity index (χ4n) is 6.75. The fraction of sp³-hybridized carbons (Fsp3) is 0.0698. The monoisotopic (exact) mass is 624 g/mol. The quantitative estimate of drug-likeness (QED) is 0.199. The van der Waals surface area contributed by atoms with E-state index in [0.717, 1.165) is 55.4 Å². The minimum absolute atomic E-state index is 0.176. The number of aromatic nitrogens is 2. The molecule has 8 rings (SSSR count). The van der Waals surface area contributed by atoms with E-state index in [2.05, 4.69) is 80.4 Å². The molecule has 3 heterocycles. The number of furan rings is 1. The Morgan fingerprint density at radius 1 is 0.604 bits per heavy atom. The molecular weight excluding hydrogens is 592 g/mol. The number of benzene rings is 5. The molecule has 8 aromatic rings. The van der Waals surface area contributed by atoms with Crippen molar-refractivity contribution in [3.63, 3.8) is 0 Å². The van der Waals surface area contributed by atoms with Gasteiger partial charge in [0.2, 0.25) is 5.88 Å². The van der Waals surface area contributed by atoms with Crippen LogP contribution >= 0.6 is 0 Å². The highest BCUT2D eigenvalue weighted by atomic mass is 16.5. The molecule has 0 bridgehead atoms. The molecule has 0 fully saturated rings. The van der Waals surface area contributed by atoms with E-state index < -0.39 is 0 Å². The lowest BCUT2D eigenvalue weighted by Crippen LogP contribution is -1.96. The van der Waals surface area contributed by atoms with Crippen LogP contribution in [-0.2, 0) is 0 Å². The molecule has 5 nitrogen and oxygen atoms in total. The normalized spacial score (nSPS) is 11.3. The van der Waals surface area contributed by atoms with Crippen LogP contribution in [0.15, 0.2) is 138 Å². The van der Waals surface area contributed by atoms with E-state index in [0.29, 0.717) is 22.9 Å². The van der Waals surface area contributed by atoms with Gasteiger partial charge < -0.3 is 14.3 Å². The van der Waals surface area contributed by atoms with Gasteiger partial charge >= 0.3 is 0 Å². The topological polar surface area (TPSA) is 68.4 Å². The predicted octanol–water partition coefficient (Wildman–Crippen LogP) is 11.5. The van der Waals surface area contributed by atoms with Gasteiger partial charge in [0, 0.05) is 39.7 Å². The molecule has 0 saturated heterocycles. The Morgan fingerprint density at radius 3 is 2.12 bits per heavy atom. The van der Waals surface area contributed by atoms with E-state index in [1.165, 1.54) is 16.7 Å². The van der Waals surface area contributed by atoms with E-state index in [1.54, 1.807) is 12.3 Å². The van der Waals surface area contributed by atoms with Gasteiger partial charge in [0.05, 0.1) is 11.4 Å². The molecule has 5 aromatic carbocycles. The van der Waals surface area contributed by atoms with Crippen LogP contribution < -0.4 is 4.74 Å². The Morgan fingerprint density at radius 2 is 1.31 bits per heavy atom. The Balaban J connectivity index is 1.38. The summed E-state index contributed by atoms with van der Waals surface area (Å²) >= 11 is 0. The number of aryl methyl sites for hydroxylation is 3. The third-order valence-electron chi connectivity index (χ3n) is 8.75. The van der Waals surface area contributed by atoms with E-state index >= 15 is 0 Å². The lowest BCUT2D eigenvalue weighted by Gasteiger charge is -2.16. The average molecular weight is 625 g/mol. The number of fused-ring (bicyclic) bond motifs is 3. The predicted molar refractivity (Wildman–Crippen MR) is 193 cm³/mol. The lowest BCUT2D eigenvalue weighted by atomic mass is 9.91. The molecule has 0 radical (unpaired) electrons. The zero-order valence-electron chi connectivity index (χ0n) is 26.9. The van der Waals surface area contributed by atoms with Crippen molar-refractivity contribution in [2.45, 2.75) is 20.8 Å². The molecule has 0 spiro atoms. The molecule has 5 heteroatoms. The zero-order valence-corrected chi connectivity index (χ0v) is 26.9. The number of phenols is 1. The highest BCUT2D eigenvalue weighted by molar-refractivity contribution is 6.09. The van der Waals surface area contributed by atoms with Gasteiger partial charge in [-0.15, -0.1) is 0 Å². The van der Waals surface area contributed by atoms with Crippen molar-refractivity contribution in [1.29, 1.82) is 0 Å². The number of aromatic hydroxyl groups is 1. The van der Waals surface area contributed by atoms with E-state index in [1.807, 2.05) is 66.7 Å². The zero-order chi connectivity index (χ0) is 32.8. The van der Waals surface area contributed by atoms with Crippen LogP contribution in [-0.4, -0.2) is 15.1 Å². The Kier molecular flexibility index (Phi) is 7.22.